The average Bonchev–Trinajstić information content (AvgIpc) is 2.53. The summed E-state index contributed by atoms with van der Waals surface area (Å²) in [5.41, 5.74) is 0.792. The van der Waals surface area contributed by atoms with Crippen LogP contribution in [-0.4, -0.2) is 26.5 Å². The molecule has 0 amide bonds. The van der Waals surface area contributed by atoms with Gasteiger partial charge < -0.3 is 5.11 Å². The molecule has 0 heterocycles. The van der Waals surface area contributed by atoms with Crippen molar-refractivity contribution in [3.8, 4) is 0 Å². The molecule has 0 aromatic heterocycles. The molecule has 0 aliphatic rings. The van der Waals surface area contributed by atoms with Gasteiger partial charge in [-0.05, 0) is 23.8 Å². The van der Waals surface area contributed by atoms with Crippen molar-refractivity contribution in [3.05, 3.63) is 71.1 Å². The lowest BCUT2D eigenvalue weighted by Gasteiger charge is -2.19. The Balaban J connectivity index is 2.34. The quantitative estimate of drug-likeness (QED) is 0.920. The molecule has 22 heavy (non-hydrogen) atoms. The van der Waals surface area contributed by atoms with E-state index < -0.39 is 16.0 Å². The maximum Gasteiger partial charge on any atom is 0.337 e. The smallest absolute Gasteiger partial charge is 0.337 e. The maximum atomic E-state index is 12.3. The highest BCUT2D eigenvalue weighted by atomic mass is 32.2. The van der Waals surface area contributed by atoms with E-state index in [-0.39, 0.29) is 11.3 Å². The molecule has 0 fully saturated rings. The Morgan fingerprint density at radius 3 is 2.27 bits per heavy atom. The highest BCUT2D eigenvalue weighted by molar-refractivity contribution is 7.95. The van der Waals surface area contributed by atoms with Gasteiger partial charge in [0.15, 0.2) is 0 Å². The number of anilines is 1. The van der Waals surface area contributed by atoms with Crippen LogP contribution in [0.4, 0.5) is 5.69 Å². The molecule has 5 nitrogen and oxygen atoms in total. The third kappa shape index (κ3) is 3.53. The van der Waals surface area contributed by atoms with Crippen molar-refractivity contribution >= 4 is 27.8 Å². The molecule has 0 radical (unpaired) electrons. The Bertz CT molecular complexity index is 798. The minimum atomic E-state index is -3.78. The lowest BCUT2D eigenvalue weighted by Crippen LogP contribution is -2.26. The van der Waals surface area contributed by atoms with Gasteiger partial charge in [0.1, 0.15) is 0 Å². The van der Waals surface area contributed by atoms with Crippen LogP contribution in [-0.2, 0) is 10.0 Å². The molecular weight excluding hydrogens is 302 g/mol. The van der Waals surface area contributed by atoms with Gasteiger partial charge in [-0.3, -0.25) is 4.31 Å². The summed E-state index contributed by atoms with van der Waals surface area (Å²) in [7, 11) is -2.45. The van der Waals surface area contributed by atoms with Gasteiger partial charge in [0, 0.05) is 7.05 Å². The Hall–Kier alpha value is -2.60. The second-order valence-corrected chi connectivity index (χ2v) is 6.40. The van der Waals surface area contributed by atoms with Crippen LogP contribution in [0.5, 0.6) is 0 Å². The number of sulfonamides is 1. The molecule has 2 rings (SSSR count). The van der Waals surface area contributed by atoms with Crippen LogP contribution in [0.1, 0.15) is 15.9 Å². The van der Waals surface area contributed by atoms with Gasteiger partial charge in [-0.1, -0.05) is 42.5 Å². The number of hydrogen-bond acceptors (Lipinski definition) is 3. The van der Waals surface area contributed by atoms with Crippen LogP contribution in [0.25, 0.3) is 6.08 Å². The van der Waals surface area contributed by atoms with Crippen LogP contribution in [0.2, 0.25) is 0 Å². The third-order valence-electron chi connectivity index (χ3n) is 3.09. The zero-order valence-electron chi connectivity index (χ0n) is 11.9. The Kier molecular flexibility index (Phi) is 4.62. The van der Waals surface area contributed by atoms with E-state index in [1.807, 2.05) is 6.07 Å². The molecule has 0 aliphatic heterocycles. The Labute approximate surface area is 129 Å². The first-order valence-electron chi connectivity index (χ1n) is 6.46. The van der Waals surface area contributed by atoms with Gasteiger partial charge in [0.2, 0.25) is 0 Å². The molecule has 2 aromatic rings. The van der Waals surface area contributed by atoms with Gasteiger partial charge in [0.25, 0.3) is 10.0 Å². The molecule has 2 aromatic carbocycles. The fourth-order valence-electron chi connectivity index (χ4n) is 1.89. The van der Waals surface area contributed by atoms with Crippen LogP contribution >= 0.6 is 0 Å². The highest BCUT2D eigenvalue weighted by Gasteiger charge is 2.20. The summed E-state index contributed by atoms with van der Waals surface area (Å²) in [6.07, 6.45) is 1.47. The van der Waals surface area contributed by atoms with E-state index >= 15 is 0 Å². The molecule has 0 saturated carbocycles. The van der Waals surface area contributed by atoms with Crippen LogP contribution in [0.3, 0.4) is 0 Å². The normalized spacial score (nSPS) is 11.5. The molecule has 0 saturated heterocycles. The zero-order chi connectivity index (χ0) is 16.2. The molecule has 0 bridgehead atoms. The maximum absolute atomic E-state index is 12.3. The topological polar surface area (TPSA) is 74.7 Å². The van der Waals surface area contributed by atoms with Crippen molar-refractivity contribution in [1.29, 1.82) is 0 Å². The number of para-hydroxylation sites is 1. The Morgan fingerprint density at radius 2 is 1.64 bits per heavy atom. The van der Waals surface area contributed by atoms with E-state index in [1.54, 1.807) is 36.4 Å². The van der Waals surface area contributed by atoms with Gasteiger partial charge in [-0.25, -0.2) is 13.2 Å². The van der Waals surface area contributed by atoms with E-state index in [1.165, 1.54) is 25.3 Å². The lowest BCUT2D eigenvalue weighted by atomic mass is 10.2. The summed E-state index contributed by atoms with van der Waals surface area (Å²) in [6.45, 7) is 0. The van der Waals surface area contributed by atoms with Crippen LogP contribution < -0.4 is 4.31 Å². The molecule has 0 aliphatic carbocycles. The average molecular weight is 317 g/mol. The monoisotopic (exact) mass is 317 g/mol. The van der Waals surface area contributed by atoms with Gasteiger partial charge in [0.05, 0.1) is 16.7 Å². The number of carboxylic acids is 1. The fraction of sp³-hybridized carbons (Fsp3) is 0.0625. The summed E-state index contributed by atoms with van der Waals surface area (Å²) in [6, 6.07) is 14.9. The van der Waals surface area contributed by atoms with E-state index in [0.29, 0.717) is 0 Å². The number of nitrogens with zero attached hydrogens (tertiary/aromatic N) is 1. The number of carboxylic acid groups (broad SMARTS) is 1. The molecule has 1 N–H and O–H groups in total. The molecule has 0 unspecified atom stereocenters. The molecule has 0 spiro atoms. The van der Waals surface area contributed by atoms with Crippen molar-refractivity contribution in [1.82, 2.24) is 0 Å². The highest BCUT2D eigenvalue weighted by Crippen LogP contribution is 2.22. The lowest BCUT2D eigenvalue weighted by molar-refractivity contribution is 0.0698. The van der Waals surface area contributed by atoms with E-state index in [4.69, 9.17) is 5.11 Å². The standard InChI is InChI=1S/C16H15NO4S/c1-17(15-10-6-5-9-14(15)16(18)19)22(20,21)12-11-13-7-3-2-4-8-13/h2-12H,1H3,(H,18,19)/b12-11+. The van der Waals surface area contributed by atoms with E-state index in [9.17, 15) is 13.2 Å². The predicted molar refractivity (Wildman–Crippen MR) is 86.2 cm³/mol. The van der Waals surface area contributed by atoms with E-state index in [2.05, 4.69) is 0 Å². The van der Waals surface area contributed by atoms with Gasteiger partial charge >= 0.3 is 5.97 Å². The van der Waals surface area contributed by atoms with Crippen LogP contribution in [0, 0.1) is 0 Å². The zero-order valence-corrected chi connectivity index (χ0v) is 12.7. The van der Waals surface area contributed by atoms with Gasteiger partial charge in [-0.15, -0.1) is 0 Å². The van der Waals surface area contributed by atoms with Crippen molar-refractivity contribution < 1.29 is 18.3 Å². The first kappa shape index (κ1) is 15.8. The first-order chi connectivity index (χ1) is 10.4. The number of carbonyl (C=O) groups is 1. The summed E-state index contributed by atoms with van der Waals surface area (Å²) in [5.74, 6) is -1.18. The second-order valence-electron chi connectivity index (χ2n) is 4.55. The summed E-state index contributed by atoms with van der Waals surface area (Å²) in [5, 5.41) is 10.2. The fourth-order valence-corrected chi connectivity index (χ4v) is 2.83. The van der Waals surface area contributed by atoms with Crippen molar-refractivity contribution in [2.24, 2.45) is 0 Å². The number of hydrogen-bond donors (Lipinski definition) is 1. The minimum absolute atomic E-state index is 0.0679. The van der Waals surface area contributed by atoms with Crippen molar-refractivity contribution in [2.75, 3.05) is 11.4 Å². The predicted octanol–water partition coefficient (Wildman–Crippen LogP) is 2.82. The summed E-state index contributed by atoms with van der Waals surface area (Å²) < 4.78 is 25.6. The summed E-state index contributed by atoms with van der Waals surface area (Å²) >= 11 is 0. The molecule has 0 atom stereocenters. The van der Waals surface area contributed by atoms with Crippen LogP contribution in [0.15, 0.2) is 60.0 Å². The number of rotatable bonds is 5. The SMILES string of the molecule is CN(c1ccccc1C(=O)O)S(=O)(=O)/C=C/c1ccccc1. The van der Waals surface area contributed by atoms with E-state index in [0.717, 1.165) is 15.3 Å². The number of aromatic carboxylic acids is 1. The third-order valence-corrected chi connectivity index (χ3v) is 4.53. The van der Waals surface area contributed by atoms with Gasteiger partial charge in [-0.2, -0.15) is 0 Å². The first-order valence-corrected chi connectivity index (χ1v) is 7.96. The van der Waals surface area contributed by atoms with Crippen molar-refractivity contribution in [2.45, 2.75) is 0 Å². The molecule has 6 heteroatoms. The minimum Gasteiger partial charge on any atom is -0.478 e. The molecule has 114 valence electrons. The largest absolute Gasteiger partial charge is 0.478 e. The second kappa shape index (κ2) is 6.44. The molecular formula is C16H15NO4S. The number of benzene rings is 2. The Morgan fingerprint density at radius 1 is 1.05 bits per heavy atom. The van der Waals surface area contributed by atoms with Crippen molar-refractivity contribution in [3.63, 3.8) is 0 Å². The summed E-state index contributed by atoms with van der Waals surface area (Å²) in [4.78, 5) is 11.2.